The first-order chi connectivity index (χ1) is 9.24. The smallest absolute Gasteiger partial charge is 0.127 e. The topological polar surface area (TPSA) is 68.8 Å². The van der Waals surface area contributed by atoms with E-state index < -0.39 is 6.10 Å². The summed E-state index contributed by atoms with van der Waals surface area (Å²) in [6, 6.07) is 9.56. The lowest BCUT2D eigenvalue weighted by Crippen LogP contribution is -2.02. The fourth-order valence-electron chi connectivity index (χ4n) is 1.84. The number of aliphatic hydroxyl groups is 1. The van der Waals surface area contributed by atoms with Crippen LogP contribution in [-0.2, 0) is 7.05 Å². The molecule has 3 aromatic rings. The Labute approximate surface area is 109 Å². The molecule has 1 N–H and O–H groups in total. The van der Waals surface area contributed by atoms with Gasteiger partial charge in [0, 0.05) is 18.8 Å². The molecule has 0 aliphatic heterocycles. The van der Waals surface area contributed by atoms with Crippen LogP contribution in [-0.4, -0.2) is 29.9 Å². The van der Waals surface area contributed by atoms with Crippen LogP contribution in [0.3, 0.4) is 0 Å². The monoisotopic (exact) mass is 255 g/mol. The summed E-state index contributed by atoms with van der Waals surface area (Å²) in [5.41, 5.74) is 2.05. The van der Waals surface area contributed by atoms with Crippen LogP contribution in [0.4, 0.5) is 0 Å². The van der Waals surface area contributed by atoms with Gasteiger partial charge in [0.05, 0.1) is 18.1 Å². The van der Waals surface area contributed by atoms with E-state index in [2.05, 4.69) is 15.3 Å². The Bertz CT molecular complexity index is 673. The zero-order valence-electron chi connectivity index (χ0n) is 10.4. The fraction of sp³-hybridized carbons (Fsp3) is 0.154. The first kappa shape index (κ1) is 11.6. The Morgan fingerprint density at radius 1 is 1.11 bits per heavy atom. The second-order valence-electron chi connectivity index (χ2n) is 4.24. The van der Waals surface area contributed by atoms with Crippen molar-refractivity contribution in [2.75, 3.05) is 0 Å². The van der Waals surface area contributed by atoms with Crippen molar-refractivity contribution in [2.45, 2.75) is 6.10 Å². The molecule has 2 aromatic heterocycles. The van der Waals surface area contributed by atoms with Crippen LogP contribution in [0.2, 0.25) is 0 Å². The molecule has 0 aliphatic rings. The lowest BCUT2D eigenvalue weighted by Gasteiger charge is -2.03. The number of aryl methyl sites for hydroxylation is 1. The van der Waals surface area contributed by atoms with E-state index in [1.54, 1.807) is 30.3 Å². The quantitative estimate of drug-likeness (QED) is 0.760. The van der Waals surface area contributed by atoms with Crippen LogP contribution in [0, 0.1) is 0 Å². The SMILES string of the molecule is Cn1cc(C(O)c2cnn(-c3ccccc3)n2)cn1. The van der Waals surface area contributed by atoms with E-state index in [-0.39, 0.29) is 0 Å². The van der Waals surface area contributed by atoms with Crippen LogP contribution in [0.5, 0.6) is 0 Å². The predicted octanol–water partition coefficient (Wildman–Crippen LogP) is 1.08. The Morgan fingerprint density at radius 2 is 1.89 bits per heavy atom. The van der Waals surface area contributed by atoms with E-state index in [9.17, 15) is 5.11 Å². The molecule has 1 atom stereocenters. The Kier molecular flexibility index (Phi) is 2.85. The summed E-state index contributed by atoms with van der Waals surface area (Å²) >= 11 is 0. The molecule has 0 radical (unpaired) electrons. The van der Waals surface area contributed by atoms with Gasteiger partial charge in [0.2, 0.25) is 0 Å². The normalized spacial score (nSPS) is 12.5. The molecule has 0 fully saturated rings. The molecule has 0 saturated heterocycles. The van der Waals surface area contributed by atoms with Crippen molar-refractivity contribution in [1.29, 1.82) is 0 Å². The summed E-state index contributed by atoms with van der Waals surface area (Å²) in [5, 5.41) is 22.7. The first-order valence-electron chi connectivity index (χ1n) is 5.88. The number of hydrogen-bond donors (Lipinski definition) is 1. The lowest BCUT2D eigenvalue weighted by molar-refractivity contribution is 0.214. The van der Waals surface area contributed by atoms with Crippen molar-refractivity contribution < 1.29 is 5.11 Å². The molecule has 6 heteroatoms. The van der Waals surface area contributed by atoms with E-state index in [0.29, 0.717) is 11.3 Å². The minimum absolute atomic E-state index is 0.497. The third kappa shape index (κ3) is 2.25. The van der Waals surface area contributed by atoms with Gasteiger partial charge in [-0.25, -0.2) is 0 Å². The molecule has 0 spiro atoms. The van der Waals surface area contributed by atoms with E-state index in [0.717, 1.165) is 5.69 Å². The van der Waals surface area contributed by atoms with E-state index in [1.807, 2.05) is 30.3 Å². The van der Waals surface area contributed by atoms with E-state index in [1.165, 1.54) is 4.80 Å². The van der Waals surface area contributed by atoms with Crippen LogP contribution >= 0.6 is 0 Å². The van der Waals surface area contributed by atoms with Crippen molar-refractivity contribution >= 4 is 0 Å². The van der Waals surface area contributed by atoms with Crippen LogP contribution in [0.25, 0.3) is 5.69 Å². The molecule has 1 unspecified atom stereocenters. The van der Waals surface area contributed by atoms with Gasteiger partial charge in [0.1, 0.15) is 11.8 Å². The average molecular weight is 255 g/mol. The number of benzene rings is 1. The van der Waals surface area contributed by atoms with Gasteiger partial charge in [-0.05, 0) is 12.1 Å². The van der Waals surface area contributed by atoms with Gasteiger partial charge < -0.3 is 5.11 Å². The van der Waals surface area contributed by atoms with Crippen molar-refractivity contribution in [3.8, 4) is 5.69 Å². The number of aliphatic hydroxyl groups excluding tert-OH is 1. The second kappa shape index (κ2) is 4.66. The van der Waals surface area contributed by atoms with Gasteiger partial charge in [0.25, 0.3) is 0 Å². The maximum atomic E-state index is 10.2. The van der Waals surface area contributed by atoms with E-state index in [4.69, 9.17) is 0 Å². The fourth-order valence-corrected chi connectivity index (χ4v) is 1.84. The van der Waals surface area contributed by atoms with Gasteiger partial charge in [0.15, 0.2) is 0 Å². The average Bonchev–Trinajstić information content (AvgIpc) is 3.08. The molecule has 96 valence electrons. The standard InChI is InChI=1S/C13H13N5O/c1-17-9-10(7-14-17)13(19)12-8-15-18(16-12)11-5-3-2-4-6-11/h2-9,13,19H,1H3. The highest BCUT2D eigenvalue weighted by Gasteiger charge is 2.16. The van der Waals surface area contributed by atoms with Gasteiger partial charge in [-0.15, -0.1) is 0 Å². The largest absolute Gasteiger partial charge is 0.382 e. The maximum Gasteiger partial charge on any atom is 0.127 e. The summed E-state index contributed by atoms with van der Waals surface area (Å²) < 4.78 is 1.64. The zero-order chi connectivity index (χ0) is 13.2. The number of rotatable bonds is 3. The highest BCUT2D eigenvalue weighted by molar-refractivity contribution is 5.29. The second-order valence-corrected chi connectivity index (χ2v) is 4.24. The lowest BCUT2D eigenvalue weighted by atomic mass is 10.1. The Hall–Kier alpha value is -2.47. The molecule has 3 rings (SSSR count). The summed E-state index contributed by atoms with van der Waals surface area (Å²) in [4.78, 5) is 1.49. The third-order valence-electron chi connectivity index (χ3n) is 2.82. The molecule has 0 aliphatic carbocycles. The molecule has 0 amide bonds. The summed E-state index contributed by atoms with van der Waals surface area (Å²) in [6.07, 6.45) is 4.12. The number of nitrogens with zero attached hydrogens (tertiary/aromatic N) is 5. The molecule has 0 bridgehead atoms. The van der Waals surface area contributed by atoms with Crippen LogP contribution < -0.4 is 0 Å². The van der Waals surface area contributed by atoms with Crippen molar-refractivity contribution in [3.63, 3.8) is 0 Å². The number of para-hydroxylation sites is 1. The van der Waals surface area contributed by atoms with Gasteiger partial charge in [-0.1, -0.05) is 18.2 Å². The minimum Gasteiger partial charge on any atom is -0.382 e. The molecule has 1 aromatic carbocycles. The summed E-state index contributed by atoms with van der Waals surface area (Å²) in [7, 11) is 1.80. The van der Waals surface area contributed by atoms with Gasteiger partial charge >= 0.3 is 0 Å². The maximum absolute atomic E-state index is 10.2. The highest BCUT2D eigenvalue weighted by Crippen LogP contribution is 2.19. The molecule has 2 heterocycles. The van der Waals surface area contributed by atoms with Crippen molar-refractivity contribution in [2.24, 2.45) is 7.05 Å². The third-order valence-corrected chi connectivity index (χ3v) is 2.82. The Balaban J connectivity index is 1.89. The molecule has 19 heavy (non-hydrogen) atoms. The molecular formula is C13H13N5O. The molecular weight excluding hydrogens is 242 g/mol. The summed E-state index contributed by atoms with van der Waals surface area (Å²) in [6.45, 7) is 0. The molecule has 6 nitrogen and oxygen atoms in total. The van der Waals surface area contributed by atoms with Crippen LogP contribution in [0.1, 0.15) is 17.4 Å². The summed E-state index contributed by atoms with van der Waals surface area (Å²) in [5.74, 6) is 0. The van der Waals surface area contributed by atoms with Crippen molar-refractivity contribution in [3.05, 3.63) is 60.2 Å². The first-order valence-corrected chi connectivity index (χ1v) is 5.88. The van der Waals surface area contributed by atoms with E-state index >= 15 is 0 Å². The van der Waals surface area contributed by atoms with Gasteiger partial charge in [-0.3, -0.25) is 4.68 Å². The number of hydrogen-bond acceptors (Lipinski definition) is 4. The minimum atomic E-state index is -0.814. The van der Waals surface area contributed by atoms with Crippen LogP contribution in [0.15, 0.2) is 48.9 Å². The predicted molar refractivity (Wildman–Crippen MR) is 68.6 cm³/mol. The number of aromatic nitrogens is 5. The van der Waals surface area contributed by atoms with Gasteiger partial charge in [-0.2, -0.15) is 20.1 Å². The molecule has 0 saturated carbocycles. The zero-order valence-corrected chi connectivity index (χ0v) is 10.4. The van der Waals surface area contributed by atoms with Crippen molar-refractivity contribution in [1.82, 2.24) is 24.8 Å². The Morgan fingerprint density at radius 3 is 2.58 bits per heavy atom. The highest BCUT2D eigenvalue weighted by atomic mass is 16.3.